The summed E-state index contributed by atoms with van der Waals surface area (Å²) < 4.78 is 127. The first-order valence-corrected chi connectivity index (χ1v) is 30.2. The lowest BCUT2D eigenvalue weighted by Gasteiger charge is -2.24. The number of esters is 1. The first-order chi connectivity index (χ1) is 40.3. The molecule has 1 saturated carbocycles. The lowest BCUT2D eigenvalue weighted by molar-refractivity contribution is -0.136. The highest BCUT2D eigenvalue weighted by atomic mass is 35.5. The van der Waals surface area contributed by atoms with Gasteiger partial charge in [0, 0.05) is 31.6 Å². The monoisotopic (exact) mass is 1250 g/mol. The van der Waals surface area contributed by atoms with E-state index in [1.54, 1.807) is 15.8 Å². The molecule has 1 aliphatic carbocycles. The van der Waals surface area contributed by atoms with E-state index in [1.807, 2.05) is 30.3 Å². The van der Waals surface area contributed by atoms with Gasteiger partial charge in [-0.2, -0.15) is 15.1 Å². The Labute approximate surface area is 483 Å². The SMILES string of the molecule is O=C(CN(Cc1ccccc1)c1nc(Cl)nc2c1cnn2[C@@H]1OC2(C[C@@H]2OP(=O)(O)CP(=O)(O)O)[C@@H](O)[C@H]1O)NCCOCCOCCOCCOCc1cn(CCOCCOCCOCCOCCC(=O)Oc2c(F)cc(F)cc2F)nn1. The second kappa shape index (κ2) is 32.5. The molecule has 1 aliphatic heterocycles. The molecule has 5 aromatic rings. The standard InChI is InChI=1S/C49H65ClF3N9O20P2/c50-48-56-45(36-27-55-62(46(36)57-48)47-42(65)44(66)49(81-47)26-39(49)82-84(70,71)32-83(67,68)69)60(28-33-4-2-1-3-5-33)30-40(63)54-7-10-73-13-16-76-20-21-78-22-23-79-31-35-29-61(59-58-35)8-11-74-14-17-77-19-18-75-15-12-72-9-6-41(64)80-43-37(52)24-34(51)25-38(43)53/h1-5,24-25,27,29,39,42,44,47,65-66H,6-23,26,28,30-32H2,(H,54,63)(H,70,71)(H2,67,68,69)/t39-,42+,44-,47+,49?/m0/s1. The summed E-state index contributed by atoms with van der Waals surface area (Å²) in [5.41, 5.74) is -0.183. The van der Waals surface area contributed by atoms with Gasteiger partial charge < -0.3 is 87.0 Å². The number of nitrogens with zero attached hydrogens (tertiary/aromatic N) is 8. The third-order valence-corrected chi connectivity index (χ3v) is 15.9. The predicted octanol–water partition coefficient (Wildman–Crippen LogP) is 2.04. The summed E-state index contributed by atoms with van der Waals surface area (Å²) in [5, 5.41) is 37.5. The van der Waals surface area contributed by atoms with Crippen LogP contribution in [0, 0.1) is 17.5 Å². The van der Waals surface area contributed by atoms with E-state index in [9.17, 15) is 56.8 Å². The van der Waals surface area contributed by atoms with Crippen molar-refractivity contribution in [1.29, 1.82) is 0 Å². The average Bonchev–Trinajstić information content (AvgIpc) is 1.59. The summed E-state index contributed by atoms with van der Waals surface area (Å²) in [6.07, 6.45) is -3.37. The molecule has 7 rings (SSSR count). The number of carbonyl (C=O) groups excluding carboxylic acids is 2. The topological polar surface area (TPSA) is 361 Å². The minimum absolute atomic E-state index is 0.0528. The van der Waals surface area contributed by atoms with Crippen molar-refractivity contribution in [2.75, 3.05) is 123 Å². The van der Waals surface area contributed by atoms with E-state index in [1.165, 1.54) is 6.20 Å². The van der Waals surface area contributed by atoms with E-state index < -0.39 is 80.4 Å². The lowest BCUT2D eigenvalue weighted by Crippen LogP contribution is -2.39. The highest BCUT2D eigenvalue weighted by molar-refractivity contribution is 7.70. The van der Waals surface area contributed by atoms with Crippen molar-refractivity contribution in [2.45, 2.75) is 62.7 Å². The Balaban J connectivity index is 0.687. The number of benzene rings is 2. The highest BCUT2D eigenvalue weighted by Gasteiger charge is 2.71. The third-order valence-electron chi connectivity index (χ3n) is 12.2. The first-order valence-electron chi connectivity index (χ1n) is 26.2. The van der Waals surface area contributed by atoms with Crippen molar-refractivity contribution in [3.63, 3.8) is 0 Å². The van der Waals surface area contributed by atoms with Gasteiger partial charge in [0.05, 0.1) is 143 Å². The fraction of sp³-hybridized carbons (Fsp3) is 0.571. The molecular formula is C49H65ClF3N9O20P2. The summed E-state index contributed by atoms with van der Waals surface area (Å²) in [4.78, 5) is 64.0. The van der Waals surface area contributed by atoms with Gasteiger partial charge in [0.15, 0.2) is 29.4 Å². The molecule has 0 bridgehead atoms. The number of hydrogen-bond acceptors (Lipinski definition) is 23. The molecule has 35 heteroatoms. The number of aliphatic hydroxyl groups excluding tert-OH is 2. The van der Waals surface area contributed by atoms with Gasteiger partial charge in [0.1, 0.15) is 41.2 Å². The summed E-state index contributed by atoms with van der Waals surface area (Å²) >= 11 is 6.44. The maximum absolute atomic E-state index is 13.6. The largest absolute Gasteiger partial charge is 0.420 e. The molecule has 1 spiro atoms. The molecule has 1 saturated heterocycles. The van der Waals surface area contributed by atoms with Gasteiger partial charge >= 0.3 is 21.2 Å². The number of nitrogens with one attached hydrogen (secondary N) is 1. The van der Waals surface area contributed by atoms with E-state index >= 15 is 0 Å². The van der Waals surface area contributed by atoms with Gasteiger partial charge in [0.2, 0.25) is 16.9 Å². The molecule has 84 heavy (non-hydrogen) atoms. The summed E-state index contributed by atoms with van der Waals surface area (Å²) in [6, 6.07) is 10.0. The summed E-state index contributed by atoms with van der Waals surface area (Å²) in [7, 11) is -9.77. The number of halogens is 4. The zero-order valence-electron chi connectivity index (χ0n) is 45.1. The van der Waals surface area contributed by atoms with E-state index in [0.717, 1.165) is 10.2 Å². The van der Waals surface area contributed by atoms with Crippen LogP contribution in [0.4, 0.5) is 19.0 Å². The number of hydrogen-bond donors (Lipinski definition) is 6. The number of rotatable bonds is 40. The second-order valence-electron chi connectivity index (χ2n) is 18.7. The average molecular weight is 1250 g/mol. The molecule has 2 aromatic carbocycles. The lowest BCUT2D eigenvalue weighted by atomic mass is 10.1. The Kier molecular flexibility index (Phi) is 25.7. The molecule has 464 valence electrons. The van der Waals surface area contributed by atoms with E-state index in [4.69, 9.17) is 58.8 Å². The van der Waals surface area contributed by atoms with Crippen LogP contribution in [0.15, 0.2) is 54.9 Å². The van der Waals surface area contributed by atoms with Crippen LogP contribution in [0.2, 0.25) is 5.28 Å². The molecule has 29 nitrogen and oxygen atoms in total. The third kappa shape index (κ3) is 20.8. The van der Waals surface area contributed by atoms with Crippen LogP contribution in [-0.2, 0) is 85.6 Å². The van der Waals surface area contributed by atoms with Crippen molar-refractivity contribution < 1.29 is 109 Å². The molecule has 2 aliphatic rings. The Hall–Kier alpha value is -5.19. The van der Waals surface area contributed by atoms with Crippen LogP contribution in [0.25, 0.3) is 11.0 Å². The quantitative estimate of drug-likeness (QED) is 0.0107. The van der Waals surface area contributed by atoms with Gasteiger partial charge in [-0.25, -0.2) is 22.5 Å². The number of aliphatic hydroxyl groups is 2. The number of aromatic nitrogens is 7. The smallest absolute Gasteiger partial charge is 0.340 e. The van der Waals surface area contributed by atoms with Crippen LogP contribution in [-0.4, -0.2) is 214 Å². The Morgan fingerprint density at radius 3 is 2.04 bits per heavy atom. The molecule has 3 aromatic heterocycles. The molecule has 6 atom stereocenters. The van der Waals surface area contributed by atoms with Crippen LogP contribution in [0.1, 0.15) is 30.3 Å². The zero-order chi connectivity index (χ0) is 60.1. The van der Waals surface area contributed by atoms with Crippen LogP contribution < -0.4 is 15.0 Å². The minimum atomic E-state index is -4.94. The Bertz CT molecular complexity index is 2970. The number of fused-ring (bicyclic) bond motifs is 1. The normalized spacial score (nSPS) is 19.3. The molecule has 2 unspecified atom stereocenters. The predicted molar refractivity (Wildman–Crippen MR) is 284 cm³/mol. The van der Waals surface area contributed by atoms with Crippen LogP contribution in [0.3, 0.4) is 0 Å². The molecule has 2 fully saturated rings. The number of ether oxygens (including phenoxy) is 10. The Morgan fingerprint density at radius 1 is 0.810 bits per heavy atom. The van der Waals surface area contributed by atoms with Crippen molar-refractivity contribution in [3.8, 4) is 5.75 Å². The fourth-order valence-corrected chi connectivity index (χ4v) is 11.2. The van der Waals surface area contributed by atoms with Gasteiger partial charge in [-0.05, 0) is 17.2 Å². The highest BCUT2D eigenvalue weighted by Crippen LogP contribution is 2.63. The van der Waals surface area contributed by atoms with Gasteiger partial charge in [0.25, 0.3) is 0 Å². The second-order valence-corrected chi connectivity index (χ2v) is 23.0. The zero-order valence-corrected chi connectivity index (χ0v) is 47.7. The first kappa shape index (κ1) is 66.3. The number of anilines is 1. The van der Waals surface area contributed by atoms with Gasteiger partial charge in [-0.3, -0.25) is 18.7 Å². The van der Waals surface area contributed by atoms with Crippen molar-refractivity contribution >= 4 is 55.5 Å². The van der Waals surface area contributed by atoms with E-state index in [2.05, 4.69) is 35.4 Å². The van der Waals surface area contributed by atoms with Crippen LogP contribution >= 0.6 is 26.8 Å². The summed E-state index contributed by atoms with van der Waals surface area (Å²) in [5.74, 6) is -7.30. The van der Waals surface area contributed by atoms with E-state index in [0.29, 0.717) is 89.2 Å². The summed E-state index contributed by atoms with van der Waals surface area (Å²) in [6.45, 7) is 4.92. The van der Waals surface area contributed by atoms with Crippen molar-refractivity contribution in [1.82, 2.24) is 40.1 Å². The van der Waals surface area contributed by atoms with Crippen molar-refractivity contribution in [3.05, 3.63) is 88.9 Å². The molecule has 1 amide bonds. The Morgan fingerprint density at radius 2 is 1.40 bits per heavy atom. The molecule has 4 heterocycles. The van der Waals surface area contributed by atoms with E-state index in [-0.39, 0.29) is 101 Å². The number of amides is 1. The van der Waals surface area contributed by atoms with Crippen LogP contribution in [0.5, 0.6) is 5.75 Å². The number of carbonyl (C=O) groups is 2. The molecule has 0 radical (unpaired) electrons. The molecule has 6 N–H and O–H groups in total. The van der Waals surface area contributed by atoms with Gasteiger partial charge in [-0.1, -0.05) is 35.5 Å². The maximum atomic E-state index is 13.6. The van der Waals surface area contributed by atoms with Crippen molar-refractivity contribution in [2.24, 2.45) is 0 Å². The maximum Gasteiger partial charge on any atom is 0.340 e. The minimum Gasteiger partial charge on any atom is -0.420 e. The fourth-order valence-electron chi connectivity index (χ4n) is 8.29. The van der Waals surface area contributed by atoms with Gasteiger partial charge in [-0.15, -0.1) is 5.10 Å². The molecular weight excluding hydrogens is 1190 g/mol.